The number of piperazine rings is 1. The molecular weight excluding hydrogens is 389 g/mol. The van der Waals surface area contributed by atoms with Gasteiger partial charge >= 0.3 is 0 Å². The molecule has 0 aromatic heterocycles. The summed E-state index contributed by atoms with van der Waals surface area (Å²) in [5.41, 5.74) is 1.32. The Bertz CT molecular complexity index is 468. The van der Waals surface area contributed by atoms with Crippen LogP contribution in [-0.2, 0) is 6.54 Å². The molecule has 2 rings (SSSR count). The molecule has 0 bridgehead atoms. The van der Waals surface area contributed by atoms with E-state index in [1.807, 2.05) is 12.1 Å². The van der Waals surface area contributed by atoms with Crippen LogP contribution in [0, 0.1) is 0 Å². The minimum atomic E-state index is 0. The number of carbonyl (C=O) groups is 1. The fourth-order valence-corrected chi connectivity index (χ4v) is 3.27. The van der Waals surface area contributed by atoms with Gasteiger partial charge in [-0.3, -0.25) is 9.69 Å². The van der Waals surface area contributed by atoms with Crippen molar-refractivity contribution in [3.8, 4) is 0 Å². The van der Waals surface area contributed by atoms with E-state index in [9.17, 15) is 4.79 Å². The lowest BCUT2D eigenvalue weighted by molar-refractivity contribution is 0.127. The zero-order valence-electron chi connectivity index (χ0n) is 13.9. The number of hydrogen-bond donors (Lipinski definition) is 1. The van der Waals surface area contributed by atoms with Gasteiger partial charge < -0.3 is 10.2 Å². The number of nitrogens with one attached hydrogen (secondary N) is 1. The van der Waals surface area contributed by atoms with Crippen molar-refractivity contribution < 1.29 is 4.79 Å². The summed E-state index contributed by atoms with van der Waals surface area (Å²) in [6.07, 6.45) is 1.06. The molecule has 0 atom stereocenters. The lowest BCUT2D eigenvalue weighted by Crippen LogP contribution is -2.46. The van der Waals surface area contributed by atoms with E-state index in [0.29, 0.717) is 0 Å². The topological polar surface area (TPSA) is 35.6 Å². The average Bonchev–Trinajstić information content (AvgIpc) is 2.55. The summed E-state index contributed by atoms with van der Waals surface area (Å²) in [6.45, 7) is 6.50. The maximum Gasteiger partial charge on any atom is 0.278 e. The molecule has 4 nitrogen and oxygen atoms in total. The molecule has 138 valence electrons. The van der Waals surface area contributed by atoms with Gasteiger partial charge in [-0.2, -0.15) is 0 Å². The van der Waals surface area contributed by atoms with Gasteiger partial charge in [0.1, 0.15) is 0 Å². The summed E-state index contributed by atoms with van der Waals surface area (Å²) in [4.78, 5) is 16.1. The van der Waals surface area contributed by atoms with Crippen LogP contribution in [0.3, 0.4) is 0 Å². The van der Waals surface area contributed by atoms with E-state index in [0.717, 1.165) is 56.5 Å². The van der Waals surface area contributed by atoms with E-state index < -0.39 is 0 Å². The van der Waals surface area contributed by atoms with Gasteiger partial charge in [0.15, 0.2) is 0 Å². The number of benzene rings is 1. The van der Waals surface area contributed by atoms with E-state index in [1.54, 1.807) is 7.05 Å². The highest BCUT2D eigenvalue weighted by Gasteiger charge is 2.16. The number of nitrogens with zero attached hydrogens (tertiary/aromatic N) is 2. The molecule has 1 saturated heterocycles. The zero-order valence-corrected chi connectivity index (χ0v) is 17.1. The first kappa shape index (κ1) is 23.8. The van der Waals surface area contributed by atoms with Gasteiger partial charge in [0.2, 0.25) is 0 Å². The van der Waals surface area contributed by atoms with Crippen molar-refractivity contribution in [1.29, 1.82) is 0 Å². The molecule has 1 aliphatic heterocycles. The second kappa shape index (κ2) is 13.1. The normalized spacial score (nSPS) is 15.2. The van der Waals surface area contributed by atoms with Crippen LogP contribution in [0.25, 0.3) is 0 Å². The minimum absolute atomic E-state index is 0. The molecule has 0 radical (unpaired) electrons. The van der Waals surface area contributed by atoms with E-state index in [1.165, 1.54) is 17.3 Å². The van der Waals surface area contributed by atoms with Gasteiger partial charge in [0.05, 0.1) is 0 Å². The fourth-order valence-electron chi connectivity index (χ4n) is 2.54. The Hall–Kier alpha value is -0.170. The number of halogens is 3. The van der Waals surface area contributed by atoms with Crippen molar-refractivity contribution in [1.82, 2.24) is 15.1 Å². The standard InChI is InChI=1S/C16H24ClN3OS.2ClH/c1-18-16(21)22-12-2-7-19-8-10-20(11-9-19)13-14-3-5-15(17)6-4-14;;/h3-6H,2,7-13H2,1H3,(H,18,21);2*1H. The second-order valence-corrected chi connectivity index (χ2v) is 6.99. The molecule has 1 fully saturated rings. The zero-order chi connectivity index (χ0) is 15.8. The predicted molar refractivity (Wildman–Crippen MR) is 109 cm³/mol. The first-order valence-electron chi connectivity index (χ1n) is 7.71. The van der Waals surface area contributed by atoms with Gasteiger partial charge in [-0.25, -0.2) is 0 Å². The molecular formula is C16H26Cl3N3OS. The minimum Gasteiger partial charge on any atom is -0.350 e. The molecule has 0 unspecified atom stereocenters. The summed E-state index contributed by atoms with van der Waals surface area (Å²) in [6, 6.07) is 8.12. The quantitative estimate of drug-likeness (QED) is 0.719. The van der Waals surface area contributed by atoms with Gasteiger partial charge in [-0.1, -0.05) is 35.5 Å². The Morgan fingerprint density at radius 2 is 1.71 bits per heavy atom. The molecule has 1 aromatic carbocycles. The van der Waals surface area contributed by atoms with Crippen LogP contribution in [0.15, 0.2) is 24.3 Å². The lowest BCUT2D eigenvalue weighted by atomic mass is 10.2. The van der Waals surface area contributed by atoms with Gasteiger partial charge in [0, 0.05) is 50.5 Å². The summed E-state index contributed by atoms with van der Waals surface area (Å²) in [7, 11) is 1.68. The number of thioether (sulfide) groups is 1. The number of carbonyl (C=O) groups excluding carboxylic acids is 1. The Kier molecular flexibility index (Phi) is 13.0. The summed E-state index contributed by atoms with van der Waals surface area (Å²) < 4.78 is 0. The molecule has 0 spiro atoms. The third-order valence-corrected chi connectivity index (χ3v) is 5.05. The van der Waals surface area contributed by atoms with Crippen LogP contribution in [0.5, 0.6) is 0 Å². The van der Waals surface area contributed by atoms with Crippen molar-refractivity contribution in [3.63, 3.8) is 0 Å². The van der Waals surface area contributed by atoms with E-state index >= 15 is 0 Å². The summed E-state index contributed by atoms with van der Waals surface area (Å²) in [5, 5.41) is 3.49. The predicted octanol–water partition coefficient (Wildman–Crippen LogP) is 3.76. The molecule has 1 N–H and O–H groups in total. The molecule has 1 aliphatic rings. The third-order valence-electron chi connectivity index (χ3n) is 3.84. The lowest BCUT2D eigenvalue weighted by Gasteiger charge is -2.34. The summed E-state index contributed by atoms with van der Waals surface area (Å²) >= 11 is 7.29. The second-order valence-electron chi connectivity index (χ2n) is 5.48. The fraction of sp³-hybridized carbons (Fsp3) is 0.562. The molecule has 1 heterocycles. The van der Waals surface area contributed by atoms with Crippen molar-refractivity contribution in [3.05, 3.63) is 34.9 Å². The smallest absolute Gasteiger partial charge is 0.278 e. The van der Waals surface area contributed by atoms with Crippen LogP contribution >= 0.6 is 48.2 Å². The Morgan fingerprint density at radius 1 is 1.12 bits per heavy atom. The van der Waals surface area contributed by atoms with Crippen molar-refractivity contribution in [2.45, 2.75) is 13.0 Å². The molecule has 24 heavy (non-hydrogen) atoms. The van der Waals surface area contributed by atoms with E-state index in [4.69, 9.17) is 11.6 Å². The maximum absolute atomic E-state index is 11.1. The first-order chi connectivity index (χ1) is 10.7. The van der Waals surface area contributed by atoms with Crippen molar-refractivity contribution >= 4 is 53.4 Å². The molecule has 0 aliphatic carbocycles. The summed E-state index contributed by atoms with van der Waals surface area (Å²) in [5.74, 6) is 0.894. The number of amides is 1. The molecule has 1 amide bonds. The van der Waals surface area contributed by atoms with Gasteiger partial charge in [0.25, 0.3) is 5.24 Å². The number of rotatable bonds is 6. The van der Waals surface area contributed by atoms with E-state index in [-0.39, 0.29) is 30.1 Å². The average molecular weight is 415 g/mol. The van der Waals surface area contributed by atoms with Crippen LogP contribution in [0.1, 0.15) is 12.0 Å². The van der Waals surface area contributed by atoms with Crippen LogP contribution in [-0.4, -0.2) is 60.6 Å². The van der Waals surface area contributed by atoms with Gasteiger partial charge in [-0.05, 0) is 30.7 Å². The monoisotopic (exact) mass is 413 g/mol. The SMILES string of the molecule is CNC(=O)SCCCN1CCN(Cc2ccc(Cl)cc2)CC1.Cl.Cl. The van der Waals surface area contributed by atoms with Crippen molar-refractivity contribution in [2.75, 3.05) is 45.5 Å². The third kappa shape index (κ3) is 8.79. The highest BCUT2D eigenvalue weighted by molar-refractivity contribution is 8.13. The Balaban J connectivity index is 0.00000264. The van der Waals surface area contributed by atoms with Gasteiger partial charge in [-0.15, -0.1) is 24.8 Å². The maximum atomic E-state index is 11.1. The van der Waals surface area contributed by atoms with E-state index in [2.05, 4.69) is 27.2 Å². The Labute approximate surface area is 166 Å². The highest BCUT2D eigenvalue weighted by atomic mass is 35.5. The van der Waals surface area contributed by atoms with Crippen LogP contribution < -0.4 is 5.32 Å². The Morgan fingerprint density at radius 3 is 2.29 bits per heavy atom. The number of hydrogen-bond acceptors (Lipinski definition) is 4. The van der Waals surface area contributed by atoms with Crippen LogP contribution in [0.4, 0.5) is 4.79 Å². The highest BCUT2D eigenvalue weighted by Crippen LogP contribution is 2.13. The largest absolute Gasteiger partial charge is 0.350 e. The molecule has 8 heteroatoms. The molecule has 1 aromatic rings. The molecule has 0 saturated carbocycles. The van der Waals surface area contributed by atoms with Crippen LogP contribution in [0.2, 0.25) is 5.02 Å². The van der Waals surface area contributed by atoms with Crippen molar-refractivity contribution in [2.24, 2.45) is 0 Å². The first-order valence-corrected chi connectivity index (χ1v) is 9.07.